The van der Waals surface area contributed by atoms with Crippen LogP contribution in [-0.2, 0) is 11.2 Å². The molecule has 0 spiro atoms. The fraction of sp³-hybridized carbons (Fsp3) is 0.350. The van der Waals surface area contributed by atoms with Crippen molar-refractivity contribution in [2.24, 2.45) is 0 Å². The Morgan fingerprint density at radius 2 is 2.00 bits per heavy atom. The molecule has 0 aromatic heterocycles. The summed E-state index contributed by atoms with van der Waals surface area (Å²) in [5, 5.41) is 26.2. The van der Waals surface area contributed by atoms with Gasteiger partial charge in [-0.05, 0) is 38.0 Å². The van der Waals surface area contributed by atoms with Crippen LogP contribution in [0.25, 0.3) is 0 Å². The maximum Gasteiger partial charge on any atom is 0.262 e. The topological polar surface area (TPSA) is 90.8 Å². The molecular formula is C20H23ClF2N2O4. The molecular weight excluding hydrogens is 406 g/mol. The number of carbonyl (C=O) groups excluding carboxylic acids is 1. The van der Waals surface area contributed by atoms with Crippen molar-refractivity contribution in [2.75, 3.05) is 18.5 Å². The Balaban J connectivity index is 0.00000300. The van der Waals surface area contributed by atoms with Crippen LogP contribution in [0.4, 0.5) is 14.5 Å². The lowest BCUT2D eigenvalue weighted by molar-refractivity contribution is -0.118. The molecule has 0 fully saturated rings. The van der Waals surface area contributed by atoms with Crippen molar-refractivity contribution in [3.8, 4) is 11.5 Å². The first-order chi connectivity index (χ1) is 13.1. The average molecular weight is 429 g/mol. The van der Waals surface area contributed by atoms with E-state index in [-0.39, 0.29) is 49.3 Å². The number of phenols is 1. The number of aromatic hydroxyl groups is 1. The zero-order chi connectivity index (χ0) is 20.5. The van der Waals surface area contributed by atoms with Gasteiger partial charge >= 0.3 is 0 Å². The Morgan fingerprint density at radius 3 is 2.69 bits per heavy atom. The quantitative estimate of drug-likeness (QED) is 0.567. The number of aliphatic hydroxyl groups excluding tert-OH is 1. The zero-order valence-corrected chi connectivity index (χ0v) is 16.8. The third-order valence-electron chi connectivity index (χ3n) is 4.50. The van der Waals surface area contributed by atoms with Crippen molar-refractivity contribution >= 4 is 24.0 Å². The van der Waals surface area contributed by atoms with Crippen molar-refractivity contribution in [3.63, 3.8) is 0 Å². The lowest BCUT2D eigenvalue weighted by atomic mass is 9.94. The molecule has 1 atom stereocenters. The normalized spacial score (nSPS) is 14.3. The minimum Gasteiger partial charge on any atom is -0.508 e. The van der Waals surface area contributed by atoms with Gasteiger partial charge in [0.1, 0.15) is 23.1 Å². The smallest absolute Gasteiger partial charge is 0.262 e. The molecule has 158 valence electrons. The van der Waals surface area contributed by atoms with Crippen molar-refractivity contribution in [3.05, 3.63) is 53.1 Å². The molecule has 2 aromatic rings. The minimum absolute atomic E-state index is 0. The lowest BCUT2D eigenvalue weighted by Crippen LogP contribution is -2.43. The molecule has 1 aliphatic heterocycles. The molecule has 2 aromatic carbocycles. The van der Waals surface area contributed by atoms with Crippen molar-refractivity contribution < 1.29 is 28.5 Å². The van der Waals surface area contributed by atoms with Crippen LogP contribution in [0.15, 0.2) is 30.3 Å². The third kappa shape index (κ3) is 5.56. The molecule has 4 N–H and O–H groups in total. The summed E-state index contributed by atoms with van der Waals surface area (Å²) in [4.78, 5) is 11.5. The summed E-state index contributed by atoms with van der Waals surface area (Å²) in [7, 11) is 0. The molecule has 0 saturated carbocycles. The van der Waals surface area contributed by atoms with E-state index in [1.165, 1.54) is 24.3 Å². The van der Waals surface area contributed by atoms with Crippen LogP contribution in [0.1, 0.15) is 31.1 Å². The van der Waals surface area contributed by atoms with E-state index in [0.717, 1.165) is 6.07 Å². The van der Waals surface area contributed by atoms with Crippen LogP contribution < -0.4 is 15.4 Å². The van der Waals surface area contributed by atoms with Gasteiger partial charge in [0.15, 0.2) is 6.61 Å². The number of amides is 1. The van der Waals surface area contributed by atoms with Gasteiger partial charge in [0.2, 0.25) is 0 Å². The number of ether oxygens (including phenoxy) is 1. The van der Waals surface area contributed by atoms with Crippen LogP contribution >= 0.6 is 12.4 Å². The second-order valence-electron chi connectivity index (χ2n) is 7.44. The van der Waals surface area contributed by atoms with Gasteiger partial charge in [-0.15, -0.1) is 12.4 Å². The number of fused-ring (bicyclic) bond motifs is 1. The molecule has 0 bridgehead atoms. The highest BCUT2D eigenvalue weighted by atomic mass is 35.5. The maximum absolute atomic E-state index is 13.9. The highest BCUT2D eigenvalue weighted by Crippen LogP contribution is 2.38. The van der Waals surface area contributed by atoms with Crippen LogP contribution in [-0.4, -0.2) is 34.8 Å². The number of halogens is 3. The number of carbonyl (C=O) groups is 1. The van der Waals surface area contributed by atoms with Gasteiger partial charge < -0.3 is 25.6 Å². The predicted molar refractivity (Wildman–Crippen MR) is 107 cm³/mol. The van der Waals surface area contributed by atoms with Gasteiger partial charge in [-0.3, -0.25) is 4.79 Å². The Bertz CT molecular complexity index is 908. The van der Waals surface area contributed by atoms with Gasteiger partial charge in [0.05, 0.1) is 11.8 Å². The highest BCUT2D eigenvalue weighted by Gasteiger charge is 2.26. The van der Waals surface area contributed by atoms with Crippen LogP contribution in [0.3, 0.4) is 0 Å². The van der Waals surface area contributed by atoms with E-state index in [4.69, 9.17) is 4.74 Å². The molecule has 6 nitrogen and oxygen atoms in total. The van der Waals surface area contributed by atoms with E-state index < -0.39 is 23.3 Å². The number of nitrogens with one attached hydrogen (secondary N) is 2. The van der Waals surface area contributed by atoms with Crippen molar-refractivity contribution in [1.29, 1.82) is 0 Å². The molecule has 0 saturated heterocycles. The third-order valence-corrected chi connectivity index (χ3v) is 4.50. The van der Waals surface area contributed by atoms with E-state index in [9.17, 15) is 23.8 Å². The summed E-state index contributed by atoms with van der Waals surface area (Å²) in [6.45, 7) is 3.57. The first-order valence-corrected chi connectivity index (χ1v) is 8.81. The molecule has 1 aliphatic rings. The van der Waals surface area contributed by atoms with Crippen molar-refractivity contribution in [1.82, 2.24) is 5.32 Å². The number of hydrogen-bond donors (Lipinski definition) is 4. The summed E-state index contributed by atoms with van der Waals surface area (Å²) < 4.78 is 32.4. The summed E-state index contributed by atoms with van der Waals surface area (Å²) in [5.74, 6) is -1.43. The molecule has 1 unspecified atom stereocenters. The molecule has 29 heavy (non-hydrogen) atoms. The standard InChI is InChI=1S/C20H22F2N2O4.ClH/c1-20(2,8-11-3-4-12(21)5-15(11)22)23-9-17(26)14-6-13(25)7-16-19(14)28-10-18(27)24-16;/h3-7,17,23,25-26H,8-10H2,1-2H3,(H,24,27);1H. The molecule has 3 rings (SSSR count). The number of β-amino-alcohol motifs (C(OH)–C–C–N with tert-alkyl or cyclic N) is 1. The lowest BCUT2D eigenvalue weighted by Gasteiger charge is -2.29. The maximum atomic E-state index is 13.9. The van der Waals surface area contributed by atoms with Gasteiger partial charge in [-0.25, -0.2) is 8.78 Å². The summed E-state index contributed by atoms with van der Waals surface area (Å²) in [5.41, 5.74) is 0.365. The van der Waals surface area contributed by atoms with Gasteiger partial charge in [0.25, 0.3) is 5.91 Å². The minimum atomic E-state index is -1.05. The van der Waals surface area contributed by atoms with Crippen LogP contribution in [0.5, 0.6) is 11.5 Å². The van der Waals surface area contributed by atoms with Crippen LogP contribution in [0, 0.1) is 11.6 Å². The summed E-state index contributed by atoms with van der Waals surface area (Å²) in [6.07, 6.45) is -0.774. The Morgan fingerprint density at radius 1 is 1.28 bits per heavy atom. The van der Waals surface area contributed by atoms with Crippen LogP contribution in [0.2, 0.25) is 0 Å². The fourth-order valence-electron chi connectivity index (χ4n) is 3.15. The van der Waals surface area contributed by atoms with E-state index in [1.807, 2.05) is 13.8 Å². The molecule has 9 heteroatoms. The Hall–Kier alpha value is -2.42. The SMILES string of the molecule is CC(C)(Cc1ccc(F)cc1F)NCC(O)c1cc(O)cc2c1OCC(=O)N2.Cl. The number of benzene rings is 2. The molecule has 0 aliphatic carbocycles. The number of phenolic OH excluding ortho intramolecular Hbond substituents is 1. The van der Waals surface area contributed by atoms with Gasteiger partial charge in [0, 0.05) is 29.8 Å². The van der Waals surface area contributed by atoms with E-state index >= 15 is 0 Å². The second-order valence-corrected chi connectivity index (χ2v) is 7.44. The second kappa shape index (κ2) is 8.94. The van der Waals surface area contributed by atoms with E-state index in [2.05, 4.69) is 10.6 Å². The average Bonchev–Trinajstić information content (AvgIpc) is 2.61. The largest absolute Gasteiger partial charge is 0.508 e. The van der Waals surface area contributed by atoms with E-state index in [0.29, 0.717) is 16.9 Å². The Labute approximate surface area is 173 Å². The van der Waals surface area contributed by atoms with Gasteiger partial charge in [-0.2, -0.15) is 0 Å². The first-order valence-electron chi connectivity index (χ1n) is 8.81. The molecule has 1 amide bonds. The summed E-state index contributed by atoms with van der Waals surface area (Å²) >= 11 is 0. The molecule has 0 radical (unpaired) electrons. The predicted octanol–water partition coefficient (Wildman–Crippen LogP) is 3.07. The van der Waals surface area contributed by atoms with Crippen molar-refractivity contribution in [2.45, 2.75) is 31.9 Å². The number of hydrogen-bond acceptors (Lipinski definition) is 5. The highest BCUT2D eigenvalue weighted by molar-refractivity contribution is 5.96. The monoisotopic (exact) mass is 428 g/mol. The number of rotatable bonds is 6. The first kappa shape index (κ1) is 22.9. The fourth-order valence-corrected chi connectivity index (χ4v) is 3.15. The zero-order valence-electron chi connectivity index (χ0n) is 16.0. The molecule has 1 heterocycles. The number of aliphatic hydroxyl groups is 1. The van der Waals surface area contributed by atoms with E-state index in [1.54, 1.807) is 0 Å². The van der Waals surface area contributed by atoms with Gasteiger partial charge in [-0.1, -0.05) is 6.07 Å². The number of anilines is 1. The summed E-state index contributed by atoms with van der Waals surface area (Å²) in [6, 6.07) is 6.15. The Kier molecular flexibility index (Phi) is 7.05.